The number of rotatable bonds is 4. The van der Waals surface area contributed by atoms with Crippen LogP contribution in [0.15, 0.2) is 42.5 Å². The van der Waals surface area contributed by atoms with Crippen molar-refractivity contribution in [1.82, 2.24) is 4.98 Å². The molecule has 1 amide bonds. The van der Waals surface area contributed by atoms with E-state index in [1.807, 2.05) is 25.1 Å². The average Bonchev–Trinajstić information content (AvgIpc) is 2.91. The van der Waals surface area contributed by atoms with Crippen molar-refractivity contribution < 1.29 is 13.9 Å². The Kier molecular flexibility index (Phi) is 4.02. The average molecular weight is 316 g/mol. The second-order valence-electron chi connectivity index (χ2n) is 4.49. The molecule has 0 spiro atoms. The normalized spacial score (nSPS) is 10.6. The maximum atomic E-state index is 13.6. The second-order valence-corrected chi connectivity index (χ2v) is 5.52. The smallest absolute Gasteiger partial charge is 0.260 e. The van der Waals surface area contributed by atoms with Crippen LogP contribution in [-0.2, 0) is 0 Å². The molecule has 0 radical (unpaired) electrons. The number of carbonyl (C=O) groups is 1. The number of carbonyl (C=O) groups excluding carboxylic acids is 1. The molecule has 0 aliphatic rings. The fourth-order valence-electron chi connectivity index (χ4n) is 2.06. The van der Waals surface area contributed by atoms with E-state index in [9.17, 15) is 9.18 Å². The molecule has 2 aromatic carbocycles. The molecule has 22 heavy (non-hydrogen) atoms. The summed E-state index contributed by atoms with van der Waals surface area (Å²) in [6, 6.07) is 11.4. The molecule has 0 saturated heterocycles. The van der Waals surface area contributed by atoms with Crippen LogP contribution in [0.5, 0.6) is 5.75 Å². The van der Waals surface area contributed by atoms with Gasteiger partial charge in [0, 0.05) is 0 Å². The van der Waals surface area contributed by atoms with Crippen molar-refractivity contribution in [3.8, 4) is 5.75 Å². The highest BCUT2D eigenvalue weighted by molar-refractivity contribution is 7.22. The lowest BCUT2D eigenvalue weighted by molar-refractivity contribution is 0.102. The van der Waals surface area contributed by atoms with E-state index in [2.05, 4.69) is 10.3 Å². The summed E-state index contributed by atoms with van der Waals surface area (Å²) in [6.07, 6.45) is 0. The topological polar surface area (TPSA) is 51.2 Å². The molecule has 0 aliphatic heterocycles. The minimum Gasteiger partial charge on any atom is -0.492 e. The van der Waals surface area contributed by atoms with Crippen LogP contribution in [0.2, 0.25) is 0 Å². The number of halogens is 1. The molecule has 0 fully saturated rings. The summed E-state index contributed by atoms with van der Waals surface area (Å²) in [7, 11) is 0. The summed E-state index contributed by atoms with van der Waals surface area (Å²) in [5, 5.41) is 3.04. The lowest BCUT2D eigenvalue weighted by atomic mass is 10.2. The van der Waals surface area contributed by atoms with Gasteiger partial charge in [-0.3, -0.25) is 10.1 Å². The van der Waals surface area contributed by atoms with E-state index < -0.39 is 11.7 Å². The Hall–Kier alpha value is -2.47. The van der Waals surface area contributed by atoms with Gasteiger partial charge in [-0.1, -0.05) is 29.5 Å². The first-order chi connectivity index (χ1) is 10.7. The highest BCUT2D eigenvalue weighted by Gasteiger charge is 2.14. The lowest BCUT2D eigenvalue weighted by Gasteiger charge is -2.03. The largest absolute Gasteiger partial charge is 0.492 e. The van der Waals surface area contributed by atoms with Crippen LogP contribution in [0.4, 0.5) is 9.52 Å². The first-order valence-corrected chi connectivity index (χ1v) is 7.59. The minimum absolute atomic E-state index is 0.00760. The number of aromatic nitrogens is 1. The van der Waals surface area contributed by atoms with E-state index in [0.717, 1.165) is 4.70 Å². The molecule has 112 valence electrons. The van der Waals surface area contributed by atoms with Crippen molar-refractivity contribution in [3.05, 3.63) is 53.8 Å². The zero-order valence-electron chi connectivity index (χ0n) is 11.8. The molecule has 4 nitrogen and oxygen atoms in total. The second kappa shape index (κ2) is 6.11. The summed E-state index contributed by atoms with van der Waals surface area (Å²) in [5.74, 6) is -0.408. The third kappa shape index (κ3) is 2.78. The molecular weight excluding hydrogens is 303 g/mol. The number of ether oxygens (including phenoxy) is 1. The van der Waals surface area contributed by atoms with Crippen molar-refractivity contribution in [2.45, 2.75) is 6.92 Å². The SMILES string of the molecule is CCOc1cccc2sc(NC(=O)c3ccccc3F)nc12. The van der Waals surface area contributed by atoms with Gasteiger partial charge in [0.1, 0.15) is 17.1 Å². The Morgan fingerprint density at radius 3 is 2.86 bits per heavy atom. The molecule has 1 aromatic heterocycles. The number of nitrogens with one attached hydrogen (secondary N) is 1. The summed E-state index contributed by atoms with van der Waals surface area (Å²) >= 11 is 1.32. The molecule has 0 atom stereocenters. The van der Waals surface area contributed by atoms with Gasteiger partial charge >= 0.3 is 0 Å². The zero-order valence-corrected chi connectivity index (χ0v) is 12.6. The maximum Gasteiger partial charge on any atom is 0.260 e. The van der Waals surface area contributed by atoms with Crippen LogP contribution in [-0.4, -0.2) is 17.5 Å². The molecule has 3 rings (SSSR count). The number of anilines is 1. The van der Waals surface area contributed by atoms with Gasteiger partial charge in [0.15, 0.2) is 5.13 Å². The Morgan fingerprint density at radius 1 is 1.27 bits per heavy atom. The number of nitrogens with zero attached hydrogens (tertiary/aromatic N) is 1. The van der Waals surface area contributed by atoms with Crippen LogP contribution in [0.25, 0.3) is 10.2 Å². The summed E-state index contributed by atoms with van der Waals surface area (Å²) in [6.45, 7) is 2.43. The van der Waals surface area contributed by atoms with Crippen LogP contribution in [0.3, 0.4) is 0 Å². The Labute approximate surface area is 130 Å². The number of fused-ring (bicyclic) bond motifs is 1. The van der Waals surface area contributed by atoms with E-state index in [-0.39, 0.29) is 5.56 Å². The van der Waals surface area contributed by atoms with E-state index >= 15 is 0 Å². The van der Waals surface area contributed by atoms with Gasteiger partial charge in [-0.25, -0.2) is 9.37 Å². The Morgan fingerprint density at radius 2 is 2.09 bits per heavy atom. The number of para-hydroxylation sites is 1. The van der Waals surface area contributed by atoms with Crippen molar-refractivity contribution in [1.29, 1.82) is 0 Å². The van der Waals surface area contributed by atoms with Crippen LogP contribution < -0.4 is 10.1 Å². The van der Waals surface area contributed by atoms with Crippen molar-refractivity contribution in [3.63, 3.8) is 0 Å². The quantitative estimate of drug-likeness (QED) is 0.789. The van der Waals surface area contributed by atoms with Crippen molar-refractivity contribution >= 4 is 32.6 Å². The van der Waals surface area contributed by atoms with Gasteiger partial charge in [-0.15, -0.1) is 0 Å². The standard InChI is InChI=1S/C16H13FN2O2S/c1-2-21-12-8-5-9-13-14(12)18-16(22-13)19-15(20)10-6-3-4-7-11(10)17/h3-9H,2H2,1H3,(H,18,19,20). The predicted octanol–water partition coefficient (Wildman–Crippen LogP) is 4.09. The van der Waals surface area contributed by atoms with Crippen LogP contribution in [0, 0.1) is 5.82 Å². The number of hydrogen-bond donors (Lipinski definition) is 1. The van der Waals surface area contributed by atoms with E-state index in [1.54, 1.807) is 6.07 Å². The highest BCUT2D eigenvalue weighted by atomic mass is 32.1. The molecule has 0 bridgehead atoms. The van der Waals surface area contributed by atoms with Crippen molar-refractivity contribution in [2.75, 3.05) is 11.9 Å². The van der Waals surface area contributed by atoms with Gasteiger partial charge in [0.25, 0.3) is 5.91 Å². The highest BCUT2D eigenvalue weighted by Crippen LogP contribution is 2.32. The molecule has 1 N–H and O–H groups in total. The van der Waals surface area contributed by atoms with E-state index in [1.165, 1.54) is 29.5 Å². The summed E-state index contributed by atoms with van der Waals surface area (Å²) < 4.78 is 20.0. The molecule has 6 heteroatoms. The van der Waals surface area contributed by atoms with Crippen LogP contribution in [0.1, 0.15) is 17.3 Å². The van der Waals surface area contributed by atoms with Gasteiger partial charge in [-0.05, 0) is 31.2 Å². The number of thiazole rings is 1. The third-order valence-corrected chi connectivity index (χ3v) is 3.96. The lowest BCUT2D eigenvalue weighted by Crippen LogP contribution is -2.13. The van der Waals surface area contributed by atoms with E-state index in [4.69, 9.17) is 4.74 Å². The van der Waals surface area contributed by atoms with E-state index in [0.29, 0.717) is 23.0 Å². The monoisotopic (exact) mass is 316 g/mol. The van der Waals surface area contributed by atoms with Gasteiger partial charge in [-0.2, -0.15) is 0 Å². The summed E-state index contributed by atoms with van der Waals surface area (Å²) in [5.41, 5.74) is 0.685. The predicted molar refractivity (Wildman–Crippen MR) is 85.1 cm³/mol. The fourth-order valence-corrected chi connectivity index (χ4v) is 2.94. The Balaban J connectivity index is 1.90. The number of benzene rings is 2. The Bertz CT molecular complexity index is 832. The third-order valence-electron chi connectivity index (χ3n) is 3.02. The molecule has 1 heterocycles. The minimum atomic E-state index is -0.559. The molecular formula is C16H13FN2O2S. The van der Waals surface area contributed by atoms with Gasteiger partial charge in [0.05, 0.1) is 16.9 Å². The number of amides is 1. The number of hydrogen-bond acceptors (Lipinski definition) is 4. The van der Waals surface area contributed by atoms with Crippen LogP contribution >= 0.6 is 11.3 Å². The molecule has 0 unspecified atom stereocenters. The van der Waals surface area contributed by atoms with Gasteiger partial charge < -0.3 is 4.74 Å². The first kappa shape index (κ1) is 14.5. The molecule has 3 aromatic rings. The van der Waals surface area contributed by atoms with Gasteiger partial charge in [0.2, 0.25) is 0 Å². The summed E-state index contributed by atoms with van der Waals surface area (Å²) in [4.78, 5) is 16.5. The maximum absolute atomic E-state index is 13.6. The van der Waals surface area contributed by atoms with Crippen molar-refractivity contribution in [2.24, 2.45) is 0 Å². The molecule has 0 saturated carbocycles. The fraction of sp³-hybridized carbons (Fsp3) is 0.125. The first-order valence-electron chi connectivity index (χ1n) is 6.77. The molecule has 0 aliphatic carbocycles. The zero-order chi connectivity index (χ0) is 15.5.